The second-order valence-electron chi connectivity index (χ2n) is 5.49. The Morgan fingerprint density at radius 1 is 1.36 bits per heavy atom. The molecule has 1 heterocycles. The van der Waals surface area contributed by atoms with Gasteiger partial charge in [-0.25, -0.2) is 4.79 Å². The first-order chi connectivity index (χ1) is 12.0. The third kappa shape index (κ3) is 6.11. The molecule has 0 saturated heterocycles. The van der Waals surface area contributed by atoms with Crippen molar-refractivity contribution in [3.8, 4) is 0 Å². The number of amides is 2. The second-order valence-corrected chi connectivity index (χ2v) is 5.90. The van der Waals surface area contributed by atoms with E-state index in [0.29, 0.717) is 30.2 Å². The quantitative estimate of drug-likeness (QED) is 0.813. The van der Waals surface area contributed by atoms with Crippen molar-refractivity contribution < 1.29 is 18.8 Å². The van der Waals surface area contributed by atoms with Crippen molar-refractivity contribution in [1.82, 2.24) is 10.1 Å². The van der Waals surface area contributed by atoms with E-state index in [1.165, 1.54) is 4.90 Å². The third-order valence-electron chi connectivity index (χ3n) is 3.51. The lowest BCUT2D eigenvalue weighted by atomic mass is 10.1. The summed E-state index contributed by atoms with van der Waals surface area (Å²) in [5, 5.41) is 6.71. The monoisotopic (exact) mass is 365 g/mol. The lowest BCUT2D eigenvalue weighted by Gasteiger charge is -2.17. The zero-order valence-electron chi connectivity index (χ0n) is 14.1. The summed E-state index contributed by atoms with van der Waals surface area (Å²) in [4.78, 5) is 25.2. The van der Waals surface area contributed by atoms with E-state index in [4.69, 9.17) is 20.9 Å². The van der Waals surface area contributed by atoms with Crippen LogP contribution in [0.15, 0.2) is 34.9 Å². The van der Waals surface area contributed by atoms with Gasteiger partial charge in [-0.1, -0.05) is 35.0 Å². The van der Waals surface area contributed by atoms with Gasteiger partial charge in [0, 0.05) is 24.6 Å². The van der Waals surface area contributed by atoms with Crippen molar-refractivity contribution in [2.75, 3.05) is 25.5 Å². The van der Waals surface area contributed by atoms with Crippen LogP contribution in [0.4, 0.5) is 10.6 Å². The molecule has 1 N–H and O–H groups in total. The summed E-state index contributed by atoms with van der Waals surface area (Å²) in [6, 6.07) is 9.01. The minimum atomic E-state index is -0.648. The van der Waals surface area contributed by atoms with Crippen molar-refractivity contribution in [1.29, 1.82) is 0 Å². The Hall–Kier alpha value is -2.54. The summed E-state index contributed by atoms with van der Waals surface area (Å²) in [5.41, 5.74) is 0.935. The number of rotatable bonds is 7. The van der Waals surface area contributed by atoms with Gasteiger partial charge < -0.3 is 14.2 Å². The Morgan fingerprint density at radius 2 is 2.12 bits per heavy atom. The van der Waals surface area contributed by atoms with Crippen molar-refractivity contribution in [3.63, 3.8) is 0 Å². The van der Waals surface area contributed by atoms with Crippen LogP contribution in [0.2, 0.25) is 5.02 Å². The Bertz CT molecular complexity index is 732. The standard InChI is InChI=1S/C17H20ClN3O4/c1-12-11-15(20-25-12)19-17(23)24-10-9-21(2)16(22)8-7-13-5-3-4-6-14(13)18/h3-6,11H,7-10H2,1-2H3,(H,19,20,23). The predicted molar refractivity (Wildman–Crippen MR) is 93.6 cm³/mol. The number of hydrogen-bond acceptors (Lipinski definition) is 5. The lowest BCUT2D eigenvalue weighted by Crippen LogP contribution is -2.31. The summed E-state index contributed by atoms with van der Waals surface area (Å²) < 4.78 is 9.84. The van der Waals surface area contributed by atoms with Gasteiger partial charge in [0.25, 0.3) is 0 Å². The Kier molecular flexibility index (Phi) is 6.82. The van der Waals surface area contributed by atoms with Crippen LogP contribution in [0.25, 0.3) is 0 Å². The fourth-order valence-electron chi connectivity index (χ4n) is 2.10. The number of carbonyl (C=O) groups is 2. The molecule has 0 unspecified atom stereocenters. The molecule has 7 nitrogen and oxygen atoms in total. The van der Waals surface area contributed by atoms with E-state index in [1.54, 1.807) is 26.1 Å². The molecule has 134 valence electrons. The highest BCUT2D eigenvalue weighted by atomic mass is 35.5. The topological polar surface area (TPSA) is 84.7 Å². The van der Waals surface area contributed by atoms with Crippen LogP contribution in [0.3, 0.4) is 0 Å². The van der Waals surface area contributed by atoms with Gasteiger partial charge in [-0.2, -0.15) is 0 Å². The summed E-state index contributed by atoms with van der Waals surface area (Å²) >= 11 is 6.07. The van der Waals surface area contributed by atoms with Crippen LogP contribution in [0.5, 0.6) is 0 Å². The highest BCUT2D eigenvalue weighted by molar-refractivity contribution is 6.31. The molecule has 2 rings (SSSR count). The number of ether oxygens (including phenoxy) is 1. The molecule has 0 spiro atoms. The third-order valence-corrected chi connectivity index (χ3v) is 3.88. The molecule has 1 aromatic carbocycles. The molecular formula is C17H20ClN3O4. The van der Waals surface area contributed by atoms with Gasteiger partial charge in [-0.3, -0.25) is 10.1 Å². The normalized spacial score (nSPS) is 10.4. The van der Waals surface area contributed by atoms with E-state index in [2.05, 4.69) is 10.5 Å². The van der Waals surface area contributed by atoms with Crippen molar-refractivity contribution >= 4 is 29.4 Å². The maximum Gasteiger partial charge on any atom is 0.412 e. The molecule has 0 atom stereocenters. The highest BCUT2D eigenvalue weighted by Gasteiger charge is 2.12. The van der Waals surface area contributed by atoms with Gasteiger partial charge in [0.2, 0.25) is 5.91 Å². The largest absolute Gasteiger partial charge is 0.447 e. The number of aromatic nitrogens is 1. The zero-order valence-corrected chi connectivity index (χ0v) is 14.9. The molecular weight excluding hydrogens is 346 g/mol. The van der Waals surface area contributed by atoms with Crippen LogP contribution in [-0.4, -0.2) is 42.3 Å². The van der Waals surface area contributed by atoms with Crippen LogP contribution >= 0.6 is 11.6 Å². The Balaban J connectivity index is 1.67. The zero-order chi connectivity index (χ0) is 18.2. The summed E-state index contributed by atoms with van der Waals surface area (Å²) in [6.45, 7) is 2.09. The highest BCUT2D eigenvalue weighted by Crippen LogP contribution is 2.16. The van der Waals surface area contributed by atoms with E-state index in [-0.39, 0.29) is 18.3 Å². The van der Waals surface area contributed by atoms with Crippen LogP contribution in [-0.2, 0) is 16.0 Å². The first-order valence-corrected chi connectivity index (χ1v) is 8.18. The number of halogens is 1. The number of nitrogens with zero attached hydrogens (tertiary/aromatic N) is 2. The molecule has 2 amide bonds. The smallest absolute Gasteiger partial charge is 0.412 e. The molecule has 0 aliphatic heterocycles. The average molecular weight is 366 g/mol. The number of likely N-dealkylation sites (N-methyl/N-ethyl adjacent to an activating group) is 1. The minimum Gasteiger partial charge on any atom is -0.447 e. The molecule has 2 aromatic rings. The maximum absolute atomic E-state index is 12.1. The van der Waals surface area contributed by atoms with E-state index in [9.17, 15) is 9.59 Å². The summed E-state index contributed by atoms with van der Waals surface area (Å²) in [7, 11) is 1.66. The lowest BCUT2D eigenvalue weighted by molar-refractivity contribution is -0.130. The molecule has 0 saturated carbocycles. The van der Waals surface area contributed by atoms with Gasteiger partial charge in [0.1, 0.15) is 12.4 Å². The Labute approximate surface area is 150 Å². The molecule has 8 heteroatoms. The van der Waals surface area contributed by atoms with Gasteiger partial charge in [0.05, 0.1) is 6.54 Å². The van der Waals surface area contributed by atoms with Crippen LogP contribution < -0.4 is 5.32 Å². The number of nitrogens with one attached hydrogen (secondary N) is 1. The Morgan fingerprint density at radius 3 is 2.80 bits per heavy atom. The molecule has 0 radical (unpaired) electrons. The second kappa shape index (κ2) is 9.08. The van der Waals surface area contributed by atoms with E-state index < -0.39 is 6.09 Å². The first kappa shape index (κ1) is 18.8. The fourth-order valence-corrected chi connectivity index (χ4v) is 2.33. The predicted octanol–water partition coefficient (Wildman–Crippen LogP) is 3.28. The molecule has 0 bridgehead atoms. The number of anilines is 1. The van der Waals surface area contributed by atoms with E-state index in [1.807, 2.05) is 18.2 Å². The molecule has 0 aliphatic carbocycles. The average Bonchev–Trinajstić information content (AvgIpc) is 2.98. The molecule has 0 aliphatic rings. The molecule has 25 heavy (non-hydrogen) atoms. The van der Waals surface area contributed by atoms with Gasteiger partial charge >= 0.3 is 6.09 Å². The minimum absolute atomic E-state index is 0.0453. The van der Waals surface area contributed by atoms with Gasteiger partial charge in [-0.15, -0.1) is 0 Å². The van der Waals surface area contributed by atoms with E-state index >= 15 is 0 Å². The molecule has 0 fully saturated rings. The van der Waals surface area contributed by atoms with Crippen molar-refractivity contribution in [2.24, 2.45) is 0 Å². The van der Waals surface area contributed by atoms with Crippen LogP contribution in [0.1, 0.15) is 17.7 Å². The fraction of sp³-hybridized carbons (Fsp3) is 0.353. The number of benzene rings is 1. The van der Waals surface area contributed by atoms with Gasteiger partial charge in [-0.05, 0) is 25.0 Å². The van der Waals surface area contributed by atoms with E-state index in [0.717, 1.165) is 5.56 Å². The summed E-state index contributed by atoms with van der Waals surface area (Å²) in [5.74, 6) is 0.821. The summed E-state index contributed by atoms with van der Waals surface area (Å²) in [6.07, 6.45) is 0.255. The SMILES string of the molecule is Cc1cc(NC(=O)OCCN(C)C(=O)CCc2ccccc2Cl)no1. The van der Waals surface area contributed by atoms with Crippen molar-refractivity contribution in [2.45, 2.75) is 19.8 Å². The van der Waals surface area contributed by atoms with Crippen molar-refractivity contribution in [3.05, 3.63) is 46.7 Å². The number of carbonyl (C=O) groups excluding carboxylic acids is 2. The molecule has 1 aromatic heterocycles. The van der Waals surface area contributed by atoms with Gasteiger partial charge in [0.15, 0.2) is 5.82 Å². The number of aryl methyl sites for hydroxylation is 2. The number of hydrogen-bond donors (Lipinski definition) is 1. The van der Waals surface area contributed by atoms with Crippen LogP contribution in [0, 0.1) is 6.92 Å². The first-order valence-electron chi connectivity index (χ1n) is 7.80. The maximum atomic E-state index is 12.1.